The van der Waals surface area contributed by atoms with E-state index in [0.29, 0.717) is 5.56 Å². The fourth-order valence-corrected chi connectivity index (χ4v) is 1.57. The molecule has 0 fully saturated rings. The molecule has 0 bridgehead atoms. The van der Waals surface area contributed by atoms with Gasteiger partial charge >= 0.3 is 5.97 Å². The predicted octanol–water partition coefficient (Wildman–Crippen LogP) is 1.93. The highest BCUT2D eigenvalue weighted by atomic mass is 16.4. The van der Waals surface area contributed by atoms with Crippen LogP contribution in [0.4, 0.5) is 0 Å². The number of carbonyl (C=O) groups is 1. The molecule has 0 radical (unpaired) electrons. The monoisotopic (exact) mass is 232 g/mol. The molecule has 0 heterocycles. The molecule has 2 aromatic carbocycles. The minimum Gasteiger partial charge on any atom is -0.506 e. The van der Waals surface area contributed by atoms with E-state index in [9.17, 15) is 9.90 Å². The Morgan fingerprint density at radius 1 is 0.941 bits per heavy atom. The first-order valence-electron chi connectivity index (χ1n) is 4.81. The van der Waals surface area contributed by atoms with E-state index in [1.54, 1.807) is 12.1 Å². The zero-order chi connectivity index (χ0) is 11.5. The van der Waals surface area contributed by atoms with Crippen molar-refractivity contribution in [3.8, 4) is 16.9 Å². The molecule has 88 valence electrons. The zero-order valence-corrected chi connectivity index (χ0v) is 8.92. The molecule has 0 saturated carbocycles. The molecule has 2 rings (SSSR count). The highest BCUT2D eigenvalue weighted by Gasteiger charge is 2.13. The Morgan fingerprint density at radius 3 is 2.18 bits per heavy atom. The summed E-state index contributed by atoms with van der Waals surface area (Å²) in [5.41, 5.74) is 1.24. The summed E-state index contributed by atoms with van der Waals surface area (Å²) < 4.78 is 0. The summed E-state index contributed by atoms with van der Waals surface area (Å²) in [5, 5.41) is 18.7. The molecule has 0 saturated heterocycles. The Hall–Kier alpha value is -2.33. The van der Waals surface area contributed by atoms with Crippen LogP contribution in [0.25, 0.3) is 11.1 Å². The van der Waals surface area contributed by atoms with Crippen molar-refractivity contribution in [3.05, 3.63) is 54.1 Å². The van der Waals surface area contributed by atoms with E-state index in [0.717, 1.165) is 5.56 Å². The second kappa shape index (κ2) is 5.14. The van der Waals surface area contributed by atoms with E-state index >= 15 is 0 Å². The zero-order valence-electron chi connectivity index (χ0n) is 8.92. The first-order chi connectivity index (χ1) is 7.70. The number of benzene rings is 2. The second-order valence-electron chi connectivity index (χ2n) is 3.37. The predicted molar refractivity (Wildman–Crippen MR) is 64.1 cm³/mol. The Morgan fingerprint density at radius 2 is 1.59 bits per heavy atom. The third-order valence-corrected chi connectivity index (χ3v) is 2.35. The standard InChI is InChI=1S/C13H10O3.H2O/c14-12-10(9-5-2-1-3-6-9)7-4-8-11(12)13(15)16;/h1-8,14H,(H,15,16);1H2. The molecule has 0 aliphatic rings. The Bertz CT molecular complexity index is 520. The smallest absolute Gasteiger partial charge is 0.339 e. The first-order valence-corrected chi connectivity index (χ1v) is 4.81. The van der Waals surface area contributed by atoms with Crippen LogP contribution in [0.15, 0.2) is 48.5 Å². The number of para-hydroxylation sites is 1. The van der Waals surface area contributed by atoms with E-state index in [4.69, 9.17) is 5.11 Å². The number of hydrogen-bond donors (Lipinski definition) is 2. The van der Waals surface area contributed by atoms with Gasteiger partial charge < -0.3 is 15.7 Å². The molecule has 0 aliphatic carbocycles. The topological polar surface area (TPSA) is 89.0 Å². The Labute approximate surface area is 98.1 Å². The SMILES string of the molecule is O.O=C(O)c1cccc(-c2ccccc2)c1O. The molecular formula is C13H12O4. The Kier molecular flexibility index (Phi) is 3.85. The summed E-state index contributed by atoms with van der Waals surface area (Å²) in [6.45, 7) is 0. The highest BCUT2D eigenvalue weighted by Crippen LogP contribution is 2.31. The second-order valence-corrected chi connectivity index (χ2v) is 3.37. The van der Waals surface area contributed by atoms with Crippen LogP contribution >= 0.6 is 0 Å². The van der Waals surface area contributed by atoms with Gasteiger partial charge in [0.25, 0.3) is 0 Å². The molecule has 2 aromatic rings. The van der Waals surface area contributed by atoms with Crippen LogP contribution < -0.4 is 0 Å². The highest BCUT2D eigenvalue weighted by molar-refractivity contribution is 5.94. The maximum atomic E-state index is 10.8. The van der Waals surface area contributed by atoms with Gasteiger partial charge in [-0.2, -0.15) is 0 Å². The summed E-state index contributed by atoms with van der Waals surface area (Å²) in [6.07, 6.45) is 0. The fraction of sp³-hybridized carbons (Fsp3) is 0. The third-order valence-electron chi connectivity index (χ3n) is 2.35. The lowest BCUT2D eigenvalue weighted by Gasteiger charge is -2.06. The maximum Gasteiger partial charge on any atom is 0.339 e. The van der Waals surface area contributed by atoms with Crippen LogP contribution in [-0.2, 0) is 0 Å². The molecule has 0 atom stereocenters. The first kappa shape index (κ1) is 12.7. The molecule has 17 heavy (non-hydrogen) atoms. The average Bonchev–Trinajstić information content (AvgIpc) is 2.30. The van der Waals surface area contributed by atoms with Crippen LogP contribution in [0.1, 0.15) is 10.4 Å². The van der Waals surface area contributed by atoms with E-state index in [-0.39, 0.29) is 16.8 Å². The van der Waals surface area contributed by atoms with Gasteiger partial charge in [-0.25, -0.2) is 4.79 Å². The van der Waals surface area contributed by atoms with Gasteiger partial charge in [-0.05, 0) is 11.6 Å². The number of phenols is 1. The molecular weight excluding hydrogens is 220 g/mol. The number of aromatic hydroxyl groups is 1. The largest absolute Gasteiger partial charge is 0.506 e. The third kappa shape index (κ3) is 2.43. The van der Waals surface area contributed by atoms with E-state index in [1.807, 2.05) is 30.3 Å². The molecule has 4 heteroatoms. The minimum absolute atomic E-state index is 0. The quantitative estimate of drug-likeness (QED) is 0.829. The van der Waals surface area contributed by atoms with Crippen molar-refractivity contribution in [2.45, 2.75) is 0 Å². The molecule has 0 aromatic heterocycles. The summed E-state index contributed by atoms with van der Waals surface area (Å²) in [6, 6.07) is 13.9. The molecule has 4 N–H and O–H groups in total. The van der Waals surface area contributed by atoms with Gasteiger partial charge in [0.05, 0.1) is 0 Å². The van der Waals surface area contributed by atoms with Gasteiger partial charge in [-0.1, -0.05) is 42.5 Å². The normalized spacial score (nSPS) is 9.41. The summed E-state index contributed by atoms with van der Waals surface area (Å²) in [7, 11) is 0. The van der Waals surface area contributed by atoms with Gasteiger partial charge in [0.2, 0.25) is 0 Å². The van der Waals surface area contributed by atoms with Crippen molar-refractivity contribution in [2.75, 3.05) is 0 Å². The molecule has 4 nitrogen and oxygen atoms in total. The fourth-order valence-electron chi connectivity index (χ4n) is 1.57. The van der Waals surface area contributed by atoms with Gasteiger partial charge in [0.1, 0.15) is 11.3 Å². The molecule has 0 amide bonds. The van der Waals surface area contributed by atoms with Crippen molar-refractivity contribution in [1.82, 2.24) is 0 Å². The lowest BCUT2D eigenvalue weighted by molar-refractivity contribution is 0.0694. The summed E-state index contributed by atoms with van der Waals surface area (Å²) >= 11 is 0. The summed E-state index contributed by atoms with van der Waals surface area (Å²) in [4.78, 5) is 10.8. The van der Waals surface area contributed by atoms with Crippen LogP contribution in [0, 0.1) is 0 Å². The Balaban J connectivity index is 0.00000144. The van der Waals surface area contributed by atoms with E-state index < -0.39 is 5.97 Å². The lowest BCUT2D eigenvalue weighted by atomic mass is 10.0. The van der Waals surface area contributed by atoms with Crippen LogP contribution in [0.5, 0.6) is 5.75 Å². The van der Waals surface area contributed by atoms with Crippen molar-refractivity contribution in [3.63, 3.8) is 0 Å². The summed E-state index contributed by atoms with van der Waals surface area (Å²) in [5.74, 6) is -1.32. The van der Waals surface area contributed by atoms with Crippen LogP contribution in [-0.4, -0.2) is 21.7 Å². The number of hydrogen-bond acceptors (Lipinski definition) is 2. The van der Waals surface area contributed by atoms with Crippen LogP contribution in [0.2, 0.25) is 0 Å². The van der Waals surface area contributed by atoms with Crippen LogP contribution in [0.3, 0.4) is 0 Å². The number of rotatable bonds is 2. The lowest BCUT2D eigenvalue weighted by Crippen LogP contribution is -1.97. The van der Waals surface area contributed by atoms with Gasteiger partial charge in [0, 0.05) is 5.56 Å². The van der Waals surface area contributed by atoms with Gasteiger partial charge in [0.15, 0.2) is 0 Å². The number of aromatic carboxylic acids is 1. The van der Waals surface area contributed by atoms with Crippen molar-refractivity contribution >= 4 is 5.97 Å². The molecule has 0 spiro atoms. The van der Waals surface area contributed by atoms with Crippen molar-refractivity contribution in [2.24, 2.45) is 0 Å². The van der Waals surface area contributed by atoms with Crippen molar-refractivity contribution < 1.29 is 20.5 Å². The molecule has 0 aliphatic heterocycles. The minimum atomic E-state index is -1.13. The van der Waals surface area contributed by atoms with E-state index in [2.05, 4.69) is 0 Å². The number of carboxylic acids is 1. The van der Waals surface area contributed by atoms with Crippen molar-refractivity contribution in [1.29, 1.82) is 0 Å². The molecule has 0 unspecified atom stereocenters. The number of carboxylic acid groups (broad SMARTS) is 1. The van der Waals surface area contributed by atoms with E-state index in [1.165, 1.54) is 6.07 Å². The van der Waals surface area contributed by atoms with Gasteiger partial charge in [-0.15, -0.1) is 0 Å². The maximum absolute atomic E-state index is 10.8. The van der Waals surface area contributed by atoms with Gasteiger partial charge in [-0.3, -0.25) is 0 Å². The average molecular weight is 232 g/mol.